The molecule has 6 nitrogen and oxygen atoms in total. The van der Waals surface area contributed by atoms with Crippen LogP contribution in [0, 0.1) is 23.4 Å². The highest BCUT2D eigenvalue weighted by Gasteiger charge is 2.31. The summed E-state index contributed by atoms with van der Waals surface area (Å²) >= 11 is 0. The normalized spacial score (nSPS) is 19.9. The van der Waals surface area contributed by atoms with Crippen LogP contribution in [0.3, 0.4) is 0 Å². The Bertz CT molecular complexity index is 1420. The molecule has 0 bridgehead atoms. The Labute approximate surface area is 208 Å². The number of benzene rings is 2. The molecule has 2 heterocycles. The number of halogens is 3. The summed E-state index contributed by atoms with van der Waals surface area (Å²) in [5.41, 5.74) is 1.48. The number of rotatable bonds is 6. The number of hydrogen-bond acceptors (Lipinski definition) is 3. The molecule has 0 aliphatic carbocycles. The van der Waals surface area contributed by atoms with Gasteiger partial charge in [-0.05, 0) is 24.3 Å². The number of hydrogen-bond donors (Lipinski definition) is 2. The van der Waals surface area contributed by atoms with Crippen molar-refractivity contribution in [3.05, 3.63) is 89.0 Å². The quantitative estimate of drug-likeness (QED) is 0.435. The van der Waals surface area contributed by atoms with Gasteiger partial charge < -0.3 is 9.88 Å². The van der Waals surface area contributed by atoms with E-state index in [0.29, 0.717) is 22.6 Å². The van der Waals surface area contributed by atoms with Crippen LogP contribution in [0.2, 0.25) is 0 Å². The summed E-state index contributed by atoms with van der Waals surface area (Å²) in [6.45, 7) is 2.06. The first-order valence-electron chi connectivity index (χ1n) is 11.4. The van der Waals surface area contributed by atoms with E-state index in [4.69, 9.17) is 0 Å². The summed E-state index contributed by atoms with van der Waals surface area (Å²) in [5, 5.41) is 2.40. The van der Waals surface area contributed by atoms with E-state index in [1.807, 2.05) is 24.3 Å². The average molecular weight is 517 g/mol. The number of nitrogens with zero attached hydrogens (tertiary/aromatic N) is 2. The summed E-state index contributed by atoms with van der Waals surface area (Å²) in [7, 11) is -0.0388. The van der Waals surface area contributed by atoms with Crippen LogP contribution in [-0.2, 0) is 23.4 Å². The van der Waals surface area contributed by atoms with Crippen molar-refractivity contribution in [1.29, 1.82) is 0 Å². The van der Waals surface area contributed by atoms with Gasteiger partial charge in [0.2, 0.25) is 0 Å². The van der Waals surface area contributed by atoms with Gasteiger partial charge >= 0.3 is 0 Å². The summed E-state index contributed by atoms with van der Waals surface area (Å²) < 4.78 is 63.3. The molecule has 36 heavy (non-hydrogen) atoms. The summed E-state index contributed by atoms with van der Waals surface area (Å²) in [6.07, 6.45) is 6.83. The van der Waals surface area contributed by atoms with Crippen molar-refractivity contribution in [2.45, 2.75) is 30.7 Å². The Kier molecular flexibility index (Phi) is 7.37. The highest BCUT2D eigenvalue weighted by Crippen LogP contribution is 2.30. The second-order valence-corrected chi connectivity index (χ2v) is 10.9. The van der Waals surface area contributed by atoms with Gasteiger partial charge in [-0.1, -0.05) is 49.4 Å². The second kappa shape index (κ2) is 10.3. The van der Waals surface area contributed by atoms with Crippen molar-refractivity contribution in [2.75, 3.05) is 12.4 Å². The maximum absolute atomic E-state index is 13.9. The van der Waals surface area contributed by atoms with Gasteiger partial charge in [0.25, 0.3) is 5.91 Å². The van der Waals surface area contributed by atoms with Crippen LogP contribution in [-0.4, -0.2) is 27.8 Å². The number of aryl methyl sites for hydroxylation is 2. The number of nitrogens with one attached hydrogen (secondary N) is 2. The monoisotopic (exact) mass is 516 g/mol. The molecule has 4 rings (SSSR count). The molecule has 0 fully saturated rings. The lowest BCUT2D eigenvalue weighted by Gasteiger charge is -2.23. The fourth-order valence-corrected chi connectivity index (χ4v) is 6.13. The van der Waals surface area contributed by atoms with Gasteiger partial charge in [0, 0.05) is 49.7 Å². The van der Waals surface area contributed by atoms with Crippen molar-refractivity contribution in [3.8, 4) is 0 Å². The van der Waals surface area contributed by atoms with E-state index in [0.717, 1.165) is 12.8 Å². The predicted molar refractivity (Wildman–Crippen MR) is 134 cm³/mol. The Morgan fingerprint density at radius 1 is 1.19 bits per heavy atom. The zero-order valence-electron chi connectivity index (χ0n) is 20.1. The lowest BCUT2D eigenvalue weighted by molar-refractivity contribution is 0.101. The van der Waals surface area contributed by atoms with Crippen molar-refractivity contribution >= 4 is 27.6 Å². The zero-order valence-corrected chi connectivity index (χ0v) is 20.9. The van der Waals surface area contributed by atoms with Crippen LogP contribution >= 0.6 is 0 Å². The molecule has 2 aromatic carbocycles. The summed E-state index contributed by atoms with van der Waals surface area (Å²) in [6, 6.07) is 11.2. The van der Waals surface area contributed by atoms with E-state index in [1.54, 1.807) is 19.3 Å². The minimum Gasteiger partial charge on any atom is -0.345 e. The van der Waals surface area contributed by atoms with E-state index >= 15 is 0 Å². The lowest BCUT2D eigenvalue weighted by Crippen LogP contribution is -2.37. The molecular formula is C26H27F3N4O2S. The van der Waals surface area contributed by atoms with Gasteiger partial charge in [-0.25, -0.2) is 26.5 Å². The molecule has 3 unspecified atom stereocenters. The van der Waals surface area contributed by atoms with Gasteiger partial charge in [0.15, 0.2) is 17.5 Å². The molecule has 0 saturated heterocycles. The second-order valence-electron chi connectivity index (χ2n) is 8.79. The van der Waals surface area contributed by atoms with E-state index < -0.39 is 33.3 Å². The molecule has 0 spiro atoms. The molecule has 1 amide bonds. The molecule has 10 heteroatoms. The molecule has 2 N–H and O–H groups in total. The average Bonchev–Trinajstić information content (AvgIpc) is 3.13. The molecule has 3 aromatic rings. The Hall–Kier alpha value is -3.37. The highest BCUT2D eigenvalue weighted by atomic mass is 32.2. The lowest BCUT2D eigenvalue weighted by atomic mass is 9.94. The number of carbonyl (C=O) groups is 1. The molecule has 0 radical (unpaired) electrons. The first-order chi connectivity index (χ1) is 17.1. The van der Waals surface area contributed by atoms with Crippen molar-refractivity contribution in [2.24, 2.45) is 17.3 Å². The first kappa shape index (κ1) is 25.7. The van der Waals surface area contributed by atoms with Gasteiger partial charge in [-0.15, -0.1) is 0 Å². The van der Waals surface area contributed by atoms with Crippen LogP contribution < -0.4 is 10.0 Å². The zero-order chi connectivity index (χ0) is 26.0. The first-order valence-corrected chi connectivity index (χ1v) is 12.9. The van der Waals surface area contributed by atoms with Crippen molar-refractivity contribution < 1.29 is 22.2 Å². The van der Waals surface area contributed by atoms with Gasteiger partial charge in [-0.2, -0.15) is 0 Å². The third-order valence-electron chi connectivity index (χ3n) is 6.31. The molecule has 190 valence electrons. The van der Waals surface area contributed by atoms with E-state index in [9.17, 15) is 22.2 Å². The Balaban J connectivity index is 1.64. The topological polar surface area (TPSA) is 75.5 Å². The number of anilines is 1. The predicted octanol–water partition coefficient (Wildman–Crippen LogP) is 5.32. The molecule has 1 aliphatic heterocycles. The maximum Gasteiger partial charge on any atom is 0.272 e. The van der Waals surface area contributed by atoms with E-state index in [-0.39, 0.29) is 23.3 Å². The van der Waals surface area contributed by atoms with Crippen molar-refractivity contribution in [3.63, 3.8) is 0 Å². The fourth-order valence-electron chi connectivity index (χ4n) is 4.26. The third kappa shape index (κ3) is 5.10. The summed E-state index contributed by atoms with van der Waals surface area (Å²) in [4.78, 5) is 13.4. The summed E-state index contributed by atoms with van der Waals surface area (Å²) in [5.74, 6) is -5.04. The molecule has 3 atom stereocenters. The van der Waals surface area contributed by atoms with E-state index in [1.165, 1.54) is 17.2 Å². The smallest absolute Gasteiger partial charge is 0.272 e. The minimum atomic E-state index is -3.09. The van der Waals surface area contributed by atoms with Crippen LogP contribution in [0.4, 0.5) is 18.9 Å². The SMILES string of the molecule is CN=S1(=O)NC(C(C)CCc2ccccc2)C=Cc2c1cn(C)c2C(=O)Nc1cc(F)c(F)c(F)c1. The van der Waals surface area contributed by atoms with Crippen LogP contribution in [0.25, 0.3) is 6.08 Å². The minimum absolute atomic E-state index is 0.101. The standard InChI is InChI=1S/C26H27F3N4O2S/c1-16(9-10-17-7-5-4-6-8-17)22-12-11-19-23(36(35,30-2)32-22)15-33(3)25(19)26(34)31-18-13-20(27)24(29)21(28)14-18/h4-8,11-16,22H,9-10H2,1-3H3,(H,31,34)(H,30,32,35). The van der Waals surface area contributed by atoms with Crippen LogP contribution in [0.5, 0.6) is 0 Å². The number of carbonyl (C=O) groups excluding carboxylic acids is 1. The highest BCUT2D eigenvalue weighted by molar-refractivity contribution is 7.91. The fraction of sp³-hybridized carbons (Fsp3) is 0.269. The van der Waals surface area contributed by atoms with Gasteiger partial charge in [-0.3, -0.25) is 4.79 Å². The number of aromatic nitrogens is 1. The third-order valence-corrected chi connectivity index (χ3v) is 8.33. The molecule has 1 aliphatic rings. The molecule has 0 saturated carbocycles. The van der Waals surface area contributed by atoms with Gasteiger partial charge in [0.1, 0.15) is 15.6 Å². The van der Waals surface area contributed by atoms with Crippen LogP contribution in [0.15, 0.2) is 64.0 Å². The molecular weight excluding hydrogens is 489 g/mol. The number of amides is 1. The number of fused-ring (bicyclic) bond motifs is 1. The Morgan fingerprint density at radius 3 is 2.50 bits per heavy atom. The Morgan fingerprint density at radius 2 is 1.86 bits per heavy atom. The largest absolute Gasteiger partial charge is 0.345 e. The maximum atomic E-state index is 13.9. The van der Waals surface area contributed by atoms with Gasteiger partial charge in [0.05, 0.1) is 4.90 Å². The van der Waals surface area contributed by atoms with E-state index in [2.05, 4.69) is 33.5 Å². The van der Waals surface area contributed by atoms with Crippen LogP contribution in [0.1, 0.15) is 35.0 Å². The molecule has 1 aromatic heterocycles. The van der Waals surface area contributed by atoms with Crippen molar-refractivity contribution in [1.82, 2.24) is 9.29 Å².